The molecule has 0 radical (unpaired) electrons. The van der Waals surface area contributed by atoms with Crippen LogP contribution < -0.4 is 11.4 Å². The average molecular weight is 225 g/mol. The molecule has 1 aliphatic rings. The number of ether oxygens (including phenoxy) is 1. The van der Waals surface area contributed by atoms with Gasteiger partial charge < -0.3 is 15.6 Å². The molecule has 16 heavy (non-hydrogen) atoms. The molecule has 0 bridgehead atoms. The first-order chi connectivity index (χ1) is 7.61. The molecule has 1 aliphatic heterocycles. The third-order valence-electron chi connectivity index (χ3n) is 2.78. The zero-order valence-corrected chi connectivity index (χ0v) is 9.04. The highest BCUT2D eigenvalue weighted by molar-refractivity contribution is 5.23. The Hall–Kier alpha value is -1.40. The van der Waals surface area contributed by atoms with Crippen molar-refractivity contribution in [1.82, 2.24) is 9.55 Å². The third kappa shape index (κ3) is 1.94. The summed E-state index contributed by atoms with van der Waals surface area (Å²) in [5.41, 5.74) is 4.99. The van der Waals surface area contributed by atoms with Gasteiger partial charge in [0.1, 0.15) is 12.0 Å². The van der Waals surface area contributed by atoms with Gasteiger partial charge in [-0.2, -0.15) is 4.98 Å². The lowest BCUT2D eigenvalue weighted by Gasteiger charge is -2.17. The zero-order chi connectivity index (χ0) is 11.7. The lowest BCUT2D eigenvalue weighted by Crippen LogP contribution is -2.29. The molecule has 0 spiro atoms. The summed E-state index contributed by atoms with van der Waals surface area (Å²) in [7, 11) is 0. The number of aliphatic hydroxyl groups is 1. The van der Waals surface area contributed by atoms with Gasteiger partial charge in [0.15, 0.2) is 0 Å². The number of aromatic nitrogens is 2. The number of hydrogen-bond donors (Lipinski definition) is 2. The molecular formula is C10H15N3O3. The van der Waals surface area contributed by atoms with Crippen LogP contribution in [-0.2, 0) is 4.74 Å². The van der Waals surface area contributed by atoms with Crippen LogP contribution in [0.3, 0.4) is 0 Å². The first kappa shape index (κ1) is 11.1. The highest BCUT2D eigenvalue weighted by Crippen LogP contribution is 2.32. The predicted molar refractivity (Wildman–Crippen MR) is 57.7 cm³/mol. The minimum atomic E-state index is -0.421. The van der Waals surface area contributed by atoms with Gasteiger partial charge in [-0.1, -0.05) is 6.92 Å². The normalized spacial score (nSPS) is 29.5. The van der Waals surface area contributed by atoms with E-state index in [0.29, 0.717) is 0 Å². The van der Waals surface area contributed by atoms with Crippen molar-refractivity contribution in [2.24, 2.45) is 5.92 Å². The lowest BCUT2D eigenvalue weighted by atomic mass is 10.1. The van der Waals surface area contributed by atoms with E-state index >= 15 is 0 Å². The van der Waals surface area contributed by atoms with Crippen LogP contribution in [-0.4, -0.2) is 27.4 Å². The standard InChI is InChI=1S/C10H15N3O3/c1-6-4-7(5-14)16-9(6)13-3-2-8(11)12-10(13)15/h2-3,6-7,9,14H,4-5H2,1H3,(H2,11,12,15)/t6-,7-,9?/m0/s1. The van der Waals surface area contributed by atoms with Gasteiger partial charge in [0.2, 0.25) is 0 Å². The van der Waals surface area contributed by atoms with Crippen LogP contribution in [0.2, 0.25) is 0 Å². The van der Waals surface area contributed by atoms with Crippen molar-refractivity contribution in [3.63, 3.8) is 0 Å². The summed E-state index contributed by atoms with van der Waals surface area (Å²) in [4.78, 5) is 15.2. The van der Waals surface area contributed by atoms with Gasteiger partial charge in [-0.3, -0.25) is 4.57 Å². The summed E-state index contributed by atoms with van der Waals surface area (Å²) >= 11 is 0. The molecule has 0 saturated carbocycles. The highest BCUT2D eigenvalue weighted by Gasteiger charge is 2.33. The summed E-state index contributed by atoms with van der Waals surface area (Å²) in [5, 5.41) is 9.01. The Kier molecular flexibility index (Phi) is 2.93. The second-order valence-corrected chi connectivity index (χ2v) is 4.09. The van der Waals surface area contributed by atoms with Crippen LogP contribution >= 0.6 is 0 Å². The number of anilines is 1. The monoisotopic (exact) mass is 225 g/mol. The molecule has 3 atom stereocenters. The molecule has 3 N–H and O–H groups in total. The highest BCUT2D eigenvalue weighted by atomic mass is 16.5. The maximum atomic E-state index is 11.6. The molecule has 0 amide bonds. The predicted octanol–water partition coefficient (Wildman–Crippen LogP) is -0.259. The fourth-order valence-electron chi connectivity index (χ4n) is 1.99. The van der Waals surface area contributed by atoms with Gasteiger partial charge >= 0.3 is 5.69 Å². The van der Waals surface area contributed by atoms with Gasteiger partial charge in [0.25, 0.3) is 0 Å². The molecule has 2 heterocycles. The second kappa shape index (κ2) is 4.23. The quantitative estimate of drug-likeness (QED) is 0.723. The van der Waals surface area contributed by atoms with E-state index in [1.807, 2.05) is 6.92 Å². The van der Waals surface area contributed by atoms with Gasteiger partial charge in [0, 0.05) is 12.1 Å². The molecule has 6 heteroatoms. The van der Waals surface area contributed by atoms with E-state index in [1.54, 1.807) is 12.3 Å². The van der Waals surface area contributed by atoms with E-state index in [1.165, 1.54) is 4.57 Å². The van der Waals surface area contributed by atoms with E-state index in [0.717, 1.165) is 6.42 Å². The third-order valence-corrected chi connectivity index (χ3v) is 2.78. The number of nitrogens with two attached hydrogens (primary N) is 1. The van der Waals surface area contributed by atoms with Crippen molar-refractivity contribution in [3.8, 4) is 0 Å². The fourth-order valence-corrected chi connectivity index (χ4v) is 1.99. The number of nitrogen functional groups attached to an aromatic ring is 1. The molecular weight excluding hydrogens is 210 g/mol. The van der Waals surface area contributed by atoms with Crippen LogP contribution in [0.15, 0.2) is 17.1 Å². The first-order valence-corrected chi connectivity index (χ1v) is 5.23. The molecule has 1 unspecified atom stereocenters. The smallest absolute Gasteiger partial charge is 0.351 e. The minimum Gasteiger partial charge on any atom is -0.394 e. The summed E-state index contributed by atoms with van der Waals surface area (Å²) in [6, 6.07) is 1.56. The Bertz CT molecular complexity index is 432. The molecule has 88 valence electrons. The van der Waals surface area contributed by atoms with Crippen molar-refractivity contribution in [2.45, 2.75) is 25.7 Å². The van der Waals surface area contributed by atoms with Crippen LogP contribution in [0, 0.1) is 5.92 Å². The largest absolute Gasteiger partial charge is 0.394 e. The summed E-state index contributed by atoms with van der Waals surface area (Å²) in [6.07, 6.45) is 1.74. The van der Waals surface area contributed by atoms with E-state index in [4.69, 9.17) is 15.6 Å². The maximum absolute atomic E-state index is 11.6. The zero-order valence-electron chi connectivity index (χ0n) is 9.04. The van der Waals surface area contributed by atoms with Crippen molar-refractivity contribution in [1.29, 1.82) is 0 Å². The minimum absolute atomic E-state index is 0.0298. The van der Waals surface area contributed by atoms with Crippen molar-refractivity contribution in [2.75, 3.05) is 12.3 Å². The van der Waals surface area contributed by atoms with Gasteiger partial charge in [0.05, 0.1) is 12.7 Å². The Morgan fingerprint density at radius 3 is 3.06 bits per heavy atom. The van der Waals surface area contributed by atoms with Crippen LogP contribution in [0.5, 0.6) is 0 Å². The van der Waals surface area contributed by atoms with Crippen LogP contribution in [0.4, 0.5) is 5.82 Å². The number of aliphatic hydroxyl groups excluding tert-OH is 1. The van der Waals surface area contributed by atoms with Crippen LogP contribution in [0.1, 0.15) is 19.6 Å². The summed E-state index contributed by atoms with van der Waals surface area (Å²) < 4.78 is 6.98. The van der Waals surface area contributed by atoms with Crippen molar-refractivity contribution >= 4 is 5.82 Å². The first-order valence-electron chi connectivity index (χ1n) is 5.23. The SMILES string of the molecule is C[C@H]1C[C@@H](CO)OC1n1ccc(N)nc1=O. The van der Waals surface area contributed by atoms with Gasteiger partial charge in [-0.15, -0.1) is 0 Å². The number of nitrogens with zero attached hydrogens (tertiary/aromatic N) is 2. The van der Waals surface area contributed by atoms with Crippen molar-refractivity contribution in [3.05, 3.63) is 22.7 Å². The molecule has 1 saturated heterocycles. The van der Waals surface area contributed by atoms with E-state index in [-0.39, 0.29) is 30.7 Å². The van der Waals surface area contributed by atoms with Crippen molar-refractivity contribution < 1.29 is 9.84 Å². The maximum Gasteiger partial charge on any atom is 0.351 e. The Morgan fingerprint density at radius 2 is 2.50 bits per heavy atom. The summed E-state index contributed by atoms with van der Waals surface area (Å²) in [6.45, 7) is 1.95. The molecule has 1 aromatic heterocycles. The van der Waals surface area contributed by atoms with E-state index in [9.17, 15) is 4.79 Å². The molecule has 0 aromatic carbocycles. The van der Waals surface area contributed by atoms with Crippen LogP contribution in [0.25, 0.3) is 0 Å². The summed E-state index contributed by atoms with van der Waals surface area (Å²) in [5.74, 6) is 0.367. The molecule has 1 aromatic rings. The molecule has 0 aliphatic carbocycles. The van der Waals surface area contributed by atoms with Gasteiger partial charge in [-0.05, 0) is 12.5 Å². The number of rotatable bonds is 2. The molecule has 1 fully saturated rings. The molecule has 2 rings (SSSR count). The second-order valence-electron chi connectivity index (χ2n) is 4.09. The van der Waals surface area contributed by atoms with Gasteiger partial charge in [-0.25, -0.2) is 4.79 Å². The topological polar surface area (TPSA) is 90.4 Å². The average Bonchev–Trinajstić information content (AvgIpc) is 2.60. The fraction of sp³-hybridized carbons (Fsp3) is 0.600. The van der Waals surface area contributed by atoms with E-state index < -0.39 is 5.69 Å². The number of hydrogen-bond acceptors (Lipinski definition) is 5. The Morgan fingerprint density at radius 1 is 1.75 bits per heavy atom. The Labute approximate surface area is 92.7 Å². The van der Waals surface area contributed by atoms with E-state index in [2.05, 4.69) is 4.98 Å². The lowest BCUT2D eigenvalue weighted by molar-refractivity contribution is -0.0335. The Balaban J connectivity index is 2.28. The molecule has 6 nitrogen and oxygen atoms in total.